The van der Waals surface area contributed by atoms with Gasteiger partial charge in [-0.15, -0.1) is 0 Å². The smallest absolute Gasteiger partial charge is 0.278 e. The van der Waals surface area contributed by atoms with E-state index in [1.165, 1.54) is 12.0 Å². The van der Waals surface area contributed by atoms with Crippen LogP contribution in [-0.4, -0.2) is 22.0 Å². The summed E-state index contributed by atoms with van der Waals surface area (Å²) in [6.07, 6.45) is 4.34. The molecule has 0 atom stereocenters. The van der Waals surface area contributed by atoms with E-state index >= 15 is 0 Å². The number of benzene rings is 2. The van der Waals surface area contributed by atoms with E-state index in [2.05, 4.69) is 35.8 Å². The lowest BCUT2D eigenvalue weighted by molar-refractivity contribution is 0.0983. The van der Waals surface area contributed by atoms with Gasteiger partial charge >= 0.3 is 0 Å². The van der Waals surface area contributed by atoms with E-state index in [0.717, 1.165) is 48.6 Å². The highest BCUT2D eigenvalue weighted by atomic mass is 16.2. The molecule has 0 N–H and O–H groups in total. The van der Waals surface area contributed by atoms with Crippen LogP contribution in [0.15, 0.2) is 54.6 Å². The fraction of sp³-hybridized carbons (Fsp3) is 0.333. The molecule has 0 radical (unpaired) electrons. The number of hydrogen-bond donors (Lipinski definition) is 0. The standard InChI is InChI=1S/C24H27N3O/c1-3-26(20-10-6-4-7-11-20)24(28)22-21-12-8-5-9-17-27(21)23(25-22)19-15-13-18(2)14-16-19/h4,6-7,10-11,13-16H,3,5,8-9,12,17H2,1-2H3. The van der Waals surface area contributed by atoms with E-state index in [9.17, 15) is 4.79 Å². The minimum absolute atomic E-state index is 0.00212. The molecule has 0 fully saturated rings. The molecule has 0 bridgehead atoms. The van der Waals surface area contributed by atoms with Crippen LogP contribution >= 0.6 is 0 Å². The molecule has 4 heteroatoms. The Morgan fingerprint density at radius 1 is 1.04 bits per heavy atom. The number of imidazole rings is 1. The van der Waals surface area contributed by atoms with Crippen LogP contribution in [0.3, 0.4) is 0 Å². The Hall–Kier alpha value is -2.88. The third kappa shape index (κ3) is 3.47. The van der Waals surface area contributed by atoms with Gasteiger partial charge in [-0.25, -0.2) is 4.98 Å². The van der Waals surface area contributed by atoms with Crippen molar-refractivity contribution in [1.82, 2.24) is 9.55 Å². The quantitative estimate of drug-likeness (QED) is 0.626. The maximum absolute atomic E-state index is 13.5. The minimum Gasteiger partial charge on any atom is -0.327 e. The second kappa shape index (κ2) is 8.01. The second-order valence-electron chi connectivity index (χ2n) is 7.44. The molecule has 0 saturated heterocycles. The summed E-state index contributed by atoms with van der Waals surface area (Å²) in [4.78, 5) is 20.2. The first-order chi connectivity index (χ1) is 13.7. The molecule has 1 aliphatic heterocycles. The zero-order valence-electron chi connectivity index (χ0n) is 16.7. The molecule has 144 valence electrons. The Balaban J connectivity index is 1.80. The first kappa shape index (κ1) is 18.5. The number of carbonyl (C=O) groups is 1. The molecule has 2 heterocycles. The first-order valence-electron chi connectivity index (χ1n) is 10.2. The number of fused-ring (bicyclic) bond motifs is 1. The number of para-hydroxylation sites is 1. The zero-order valence-corrected chi connectivity index (χ0v) is 16.7. The van der Waals surface area contributed by atoms with Gasteiger partial charge in [0.2, 0.25) is 0 Å². The summed E-state index contributed by atoms with van der Waals surface area (Å²) < 4.78 is 2.28. The van der Waals surface area contributed by atoms with Crippen LogP contribution in [0.25, 0.3) is 11.4 Å². The largest absolute Gasteiger partial charge is 0.327 e. The van der Waals surface area contributed by atoms with Gasteiger partial charge in [0.15, 0.2) is 5.69 Å². The Morgan fingerprint density at radius 3 is 2.50 bits per heavy atom. The van der Waals surface area contributed by atoms with Crippen molar-refractivity contribution in [1.29, 1.82) is 0 Å². The molecular formula is C24H27N3O. The lowest BCUT2D eigenvalue weighted by Crippen LogP contribution is -2.31. The van der Waals surface area contributed by atoms with Gasteiger partial charge in [-0.2, -0.15) is 0 Å². The highest BCUT2D eigenvalue weighted by Gasteiger charge is 2.27. The Bertz CT molecular complexity index is 958. The summed E-state index contributed by atoms with van der Waals surface area (Å²) in [5.41, 5.74) is 4.93. The molecule has 1 amide bonds. The fourth-order valence-corrected chi connectivity index (χ4v) is 3.99. The highest BCUT2D eigenvalue weighted by Crippen LogP contribution is 2.29. The molecule has 2 aromatic carbocycles. The van der Waals surface area contributed by atoms with Gasteiger partial charge in [0.25, 0.3) is 5.91 Å². The molecule has 4 nitrogen and oxygen atoms in total. The molecule has 3 aromatic rings. The summed E-state index contributed by atoms with van der Waals surface area (Å²) in [6, 6.07) is 18.3. The summed E-state index contributed by atoms with van der Waals surface area (Å²) in [5, 5.41) is 0. The number of aryl methyl sites for hydroxylation is 1. The van der Waals surface area contributed by atoms with Gasteiger partial charge in [-0.05, 0) is 45.2 Å². The normalized spacial score (nSPS) is 13.6. The van der Waals surface area contributed by atoms with Crippen molar-refractivity contribution in [2.45, 2.75) is 46.1 Å². The van der Waals surface area contributed by atoms with Crippen molar-refractivity contribution in [3.63, 3.8) is 0 Å². The van der Waals surface area contributed by atoms with Crippen molar-refractivity contribution in [3.05, 3.63) is 71.5 Å². The number of rotatable bonds is 4. The Morgan fingerprint density at radius 2 is 1.79 bits per heavy atom. The van der Waals surface area contributed by atoms with Crippen molar-refractivity contribution in [2.24, 2.45) is 0 Å². The predicted molar refractivity (Wildman–Crippen MR) is 114 cm³/mol. The van der Waals surface area contributed by atoms with Crippen LogP contribution < -0.4 is 4.90 Å². The van der Waals surface area contributed by atoms with Crippen molar-refractivity contribution < 1.29 is 4.79 Å². The molecule has 0 unspecified atom stereocenters. The molecule has 1 aromatic heterocycles. The van der Waals surface area contributed by atoms with Gasteiger partial charge in [0.05, 0.1) is 5.69 Å². The maximum atomic E-state index is 13.5. The fourth-order valence-electron chi connectivity index (χ4n) is 3.99. The third-order valence-electron chi connectivity index (χ3n) is 5.51. The Kier molecular flexibility index (Phi) is 5.29. The molecule has 1 aliphatic rings. The molecular weight excluding hydrogens is 346 g/mol. The number of aromatic nitrogens is 2. The van der Waals surface area contributed by atoms with Crippen LogP contribution in [0.1, 0.15) is 47.9 Å². The topological polar surface area (TPSA) is 38.1 Å². The summed E-state index contributed by atoms with van der Waals surface area (Å²) in [5.74, 6) is 0.919. The average molecular weight is 374 g/mol. The molecule has 28 heavy (non-hydrogen) atoms. The summed E-state index contributed by atoms with van der Waals surface area (Å²) >= 11 is 0. The SMILES string of the molecule is CCN(C(=O)c1nc(-c2ccc(C)cc2)n2c1CCCCC2)c1ccccc1. The lowest BCUT2D eigenvalue weighted by atomic mass is 10.1. The number of hydrogen-bond acceptors (Lipinski definition) is 2. The van der Waals surface area contributed by atoms with Gasteiger partial charge in [-0.1, -0.05) is 54.4 Å². The van der Waals surface area contributed by atoms with Gasteiger partial charge in [0.1, 0.15) is 5.82 Å². The van der Waals surface area contributed by atoms with E-state index in [0.29, 0.717) is 12.2 Å². The van der Waals surface area contributed by atoms with Crippen molar-refractivity contribution in [3.8, 4) is 11.4 Å². The van der Waals surface area contributed by atoms with E-state index in [4.69, 9.17) is 4.98 Å². The second-order valence-corrected chi connectivity index (χ2v) is 7.44. The minimum atomic E-state index is -0.00212. The van der Waals surface area contributed by atoms with E-state index in [-0.39, 0.29) is 5.91 Å². The Labute approximate surface area is 166 Å². The van der Waals surface area contributed by atoms with Gasteiger partial charge in [0, 0.05) is 24.3 Å². The average Bonchev–Trinajstić information content (AvgIpc) is 2.91. The highest BCUT2D eigenvalue weighted by molar-refractivity contribution is 6.06. The summed E-state index contributed by atoms with van der Waals surface area (Å²) in [6.45, 7) is 5.65. The van der Waals surface area contributed by atoms with Gasteiger partial charge < -0.3 is 9.47 Å². The molecule has 0 saturated carbocycles. The monoisotopic (exact) mass is 373 g/mol. The van der Waals surface area contributed by atoms with Crippen LogP contribution in [0.2, 0.25) is 0 Å². The number of carbonyl (C=O) groups excluding carboxylic acids is 1. The predicted octanol–water partition coefficient (Wildman–Crippen LogP) is 5.25. The number of amides is 1. The van der Waals surface area contributed by atoms with Crippen LogP contribution in [0, 0.1) is 6.92 Å². The summed E-state index contributed by atoms with van der Waals surface area (Å²) in [7, 11) is 0. The third-order valence-corrected chi connectivity index (χ3v) is 5.51. The molecule has 0 spiro atoms. The van der Waals surface area contributed by atoms with Crippen LogP contribution in [-0.2, 0) is 13.0 Å². The molecule has 4 rings (SSSR count). The first-order valence-corrected chi connectivity index (χ1v) is 10.2. The number of nitrogens with zero attached hydrogens (tertiary/aromatic N) is 3. The van der Waals surface area contributed by atoms with Gasteiger partial charge in [-0.3, -0.25) is 4.79 Å². The van der Waals surface area contributed by atoms with E-state index in [1.54, 1.807) is 0 Å². The zero-order chi connectivity index (χ0) is 19.5. The van der Waals surface area contributed by atoms with E-state index < -0.39 is 0 Å². The van der Waals surface area contributed by atoms with Crippen LogP contribution in [0.4, 0.5) is 5.69 Å². The van der Waals surface area contributed by atoms with E-state index in [1.807, 2.05) is 42.2 Å². The maximum Gasteiger partial charge on any atom is 0.278 e. The lowest BCUT2D eigenvalue weighted by Gasteiger charge is -2.20. The van der Waals surface area contributed by atoms with Crippen molar-refractivity contribution >= 4 is 11.6 Å². The van der Waals surface area contributed by atoms with Crippen molar-refractivity contribution in [2.75, 3.05) is 11.4 Å². The molecule has 0 aliphatic carbocycles. The van der Waals surface area contributed by atoms with Crippen LogP contribution in [0.5, 0.6) is 0 Å². The number of anilines is 1.